The van der Waals surface area contributed by atoms with Gasteiger partial charge in [-0.3, -0.25) is 4.90 Å². The summed E-state index contributed by atoms with van der Waals surface area (Å²) in [5.41, 5.74) is 3.96. The van der Waals surface area contributed by atoms with E-state index in [-0.39, 0.29) is 0 Å². The molecule has 1 aliphatic heterocycles. The molecule has 2 heterocycles. The summed E-state index contributed by atoms with van der Waals surface area (Å²) in [4.78, 5) is 4.98. The van der Waals surface area contributed by atoms with Crippen LogP contribution in [-0.2, 0) is 13.6 Å². The Kier molecular flexibility index (Phi) is 4.21. The SMILES string of the molecule is Cn1ccc2cc(CN3CCN(c4ccc(Cl)cc4)CC3)ccc21. The van der Waals surface area contributed by atoms with Gasteiger partial charge < -0.3 is 9.47 Å². The van der Waals surface area contributed by atoms with E-state index in [1.54, 1.807) is 0 Å². The van der Waals surface area contributed by atoms with Gasteiger partial charge in [0.15, 0.2) is 0 Å². The Morgan fingerprint density at radius 1 is 0.917 bits per heavy atom. The first-order valence-electron chi connectivity index (χ1n) is 8.46. The Morgan fingerprint density at radius 3 is 2.42 bits per heavy atom. The number of rotatable bonds is 3. The Labute approximate surface area is 148 Å². The molecule has 4 heteroatoms. The summed E-state index contributed by atoms with van der Waals surface area (Å²) in [5, 5.41) is 2.13. The first-order chi connectivity index (χ1) is 11.7. The van der Waals surface area contributed by atoms with Crippen molar-refractivity contribution < 1.29 is 0 Å². The second-order valence-electron chi connectivity index (χ2n) is 6.56. The van der Waals surface area contributed by atoms with Crippen LogP contribution in [0.1, 0.15) is 5.56 Å². The van der Waals surface area contributed by atoms with Crippen LogP contribution in [0.3, 0.4) is 0 Å². The third-order valence-corrected chi connectivity index (χ3v) is 5.17. The van der Waals surface area contributed by atoms with Crippen molar-refractivity contribution in [3.8, 4) is 0 Å². The van der Waals surface area contributed by atoms with Crippen LogP contribution < -0.4 is 4.90 Å². The van der Waals surface area contributed by atoms with Gasteiger partial charge in [-0.2, -0.15) is 0 Å². The highest BCUT2D eigenvalue weighted by atomic mass is 35.5. The molecular formula is C20H22ClN3. The third kappa shape index (κ3) is 3.14. The van der Waals surface area contributed by atoms with Crippen LogP contribution in [-0.4, -0.2) is 35.6 Å². The molecule has 1 fully saturated rings. The van der Waals surface area contributed by atoms with E-state index in [0.29, 0.717) is 0 Å². The fourth-order valence-corrected chi connectivity index (χ4v) is 3.63. The van der Waals surface area contributed by atoms with Gasteiger partial charge in [0, 0.05) is 62.2 Å². The van der Waals surface area contributed by atoms with Crippen molar-refractivity contribution in [2.24, 2.45) is 7.05 Å². The summed E-state index contributed by atoms with van der Waals surface area (Å²) >= 11 is 5.98. The molecule has 1 saturated heterocycles. The van der Waals surface area contributed by atoms with Gasteiger partial charge in [0.25, 0.3) is 0 Å². The van der Waals surface area contributed by atoms with Gasteiger partial charge in [0.2, 0.25) is 0 Å². The summed E-state index contributed by atoms with van der Waals surface area (Å²) in [6.07, 6.45) is 2.12. The average Bonchev–Trinajstić information content (AvgIpc) is 2.97. The zero-order valence-corrected chi connectivity index (χ0v) is 14.7. The van der Waals surface area contributed by atoms with Crippen LogP contribution in [0.25, 0.3) is 10.9 Å². The second kappa shape index (κ2) is 6.50. The van der Waals surface area contributed by atoms with Crippen LogP contribution in [0, 0.1) is 0 Å². The van der Waals surface area contributed by atoms with E-state index in [4.69, 9.17) is 11.6 Å². The molecule has 24 heavy (non-hydrogen) atoms. The quantitative estimate of drug-likeness (QED) is 0.710. The maximum atomic E-state index is 5.98. The molecule has 0 unspecified atom stereocenters. The number of piperazine rings is 1. The van der Waals surface area contributed by atoms with Crippen molar-refractivity contribution in [1.29, 1.82) is 0 Å². The first kappa shape index (κ1) is 15.6. The number of hydrogen-bond acceptors (Lipinski definition) is 2. The molecule has 4 rings (SSSR count). The van der Waals surface area contributed by atoms with Crippen LogP contribution in [0.5, 0.6) is 0 Å². The van der Waals surface area contributed by atoms with E-state index >= 15 is 0 Å². The van der Waals surface area contributed by atoms with E-state index < -0.39 is 0 Å². The molecule has 0 atom stereocenters. The van der Waals surface area contributed by atoms with Crippen molar-refractivity contribution in [1.82, 2.24) is 9.47 Å². The molecule has 0 bridgehead atoms. The highest BCUT2D eigenvalue weighted by Crippen LogP contribution is 2.21. The lowest BCUT2D eigenvalue weighted by Crippen LogP contribution is -2.45. The van der Waals surface area contributed by atoms with E-state index in [1.807, 2.05) is 12.1 Å². The molecule has 0 aliphatic carbocycles. The molecule has 0 radical (unpaired) electrons. The molecule has 1 aliphatic rings. The lowest BCUT2D eigenvalue weighted by atomic mass is 10.1. The third-order valence-electron chi connectivity index (χ3n) is 4.92. The summed E-state index contributed by atoms with van der Waals surface area (Å²) in [7, 11) is 2.10. The Hall–Kier alpha value is -1.97. The maximum absolute atomic E-state index is 5.98. The van der Waals surface area contributed by atoms with E-state index in [1.165, 1.54) is 22.2 Å². The molecule has 1 aromatic heterocycles. The highest BCUT2D eigenvalue weighted by molar-refractivity contribution is 6.30. The Morgan fingerprint density at radius 2 is 1.67 bits per heavy atom. The highest BCUT2D eigenvalue weighted by Gasteiger charge is 2.17. The zero-order chi connectivity index (χ0) is 16.5. The molecular weight excluding hydrogens is 318 g/mol. The van der Waals surface area contributed by atoms with Gasteiger partial charge in [-0.05, 0) is 53.4 Å². The topological polar surface area (TPSA) is 11.4 Å². The van der Waals surface area contributed by atoms with E-state index in [2.05, 4.69) is 64.0 Å². The lowest BCUT2D eigenvalue weighted by Gasteiger charge is -2.36. The van der Waals surface area contributed by atoms with Crippen molar-refractivity contribution in [3.05, 3.63) is 65.3 Å². The largest absolute Gasteiger partial charge is 0.369 e. The molecule has 0 N–H and O–H groups in total. The second-order valence-corrected chi connectivity index (χ2v) is 7.00. The fraction of sp³-hybridized carbons (Fsp3) is 0.300. The Bertz CT molecular complexity index is 830. The lowest BCUT2D eigenvalue weighted by molar-refractivity contribution is 0.250. The van der Waals surface area contributed by atoms with Crippen LogP contribution in [0.2, 0.25) is 5.02 Å². The van der Waals surface area contributed by atoms with Crippen molar-refractivity contribution in [3.63, 3.8) is 0 Å². The zero-order valence-electron chi connectivity index (χ0n) is 14.0. The van der Waals surface area contributed by atoms with Crippen molar-refractivity contribution >= 4 is 28.2 Å². The van der Waals surface area contributed by atoms with Gasteiger partial charge in [0.1, 0.15) is 0 Å². The summed E-state index contributed by atoms with van der Waals surface area (Å²) in [6.45, 7) is 5.34. The molecule has 0 saturated carbocycles. The maximum Gasteiger partial charge on any atom is 0.0477 e. The summed E-state index contributed by atoms with van der Waals surface area (Å²) < 4.78 is 2.17. The fourth-order valence-electron chi connectivity index (χ4n) is 3.50. The minimum absolute atomic E-state index is 0.800. The molecule has 3 aromatic rings. The normalized spacial score (nSPS) is 16.0. The molecule has 3 nitrogen and oxygen atoms in total. The number of anilines is 1. The number of halogens is 1. The number of aryl methyl sites for hydroxylation is 1. The molecule has 124 valence electrons. The molecule has 0 spiro atoms. The number of benzene rings is 2. The minimum atomic E-state index is 0.800. The predicted molar refractivity (Wildman–Crippen MR) is 102 cm³/mol. The number of hydrogen-bond donors (Lipinski definition) is 0. The van der Waals surface area contributed by atoms with Gasteiger partial charge in [-0.25, -0.2) is 0 Å². The van der Waals surface area contributed by atoms with Gasteiger partial charge in [-0.1, -0.05) is 17.7 Å². The average molecular weight is 340 g/mol. The van der Waals surface area contributed by atoms with Crippen molar-refractivity contribution in [2.45, 2.75) is 6.54 Å². The molecule has 2 aromatic carbocycles. The van der Waals surface area contributed by atoms with E-state index in [9.17, 15) is 0 Å². The first-order valence-corrected chi connectivity index (χ1v) is 8.84. The van der Waals surface area contributed by atoms with Gasteiger partial charge in [0.05, 0.1) is 0 Å². The Balaban J connectivity index is 1.39. The molecule has 0 amide bonds. The van der Waals surface area contributed by atoms with Crippen LogP contribution in [0.15, 0.2) is 54.7 Å². The predicted octanol–water partition coefficient (Wildman–Crippen LogP) is 4.15. The number of nitrogens with zero attached hydrogens (tertiary/aromatic N) is 3. The minimum Gasteiger partial charge on any atom is -0.369 e. The van der Waals surface area contributed by atoms with Crippen LogP contribution >= 0.6 is 11.6 Å². The van der Waals surface area contributed by atoms with Crippen molar-refractivity contribution in [2.75, 3.05) is 31.1 Å². The van der Waals surface area contributed by atoms with Gasteiger partial charge in [-0.15, -0.1) is 0 Å². The standard InChI is InChI=1S/C20H22ClN3/c1-22-9-8-17-14-16(2-7-20(17)22)15-23-10-12-24(13-11-23)19-5-3-18(21)4-6-19/h2-9,14H,10-13,15H2,1H3. The number of fused-ring (bicyclic) bond motifs is 1. The summed E-state index contributed by atoms with van der Waals surface area (Å²) in [6, 6.07) is 17.2. The van der Waals surface area contributed by atoms with Crippen LogP contribution in [0.4, 0.5) is 5.69 Å². The summed E-state index contributed by atoms with van der Waals surface area (Å²) in [5.74, 6) is 0. The van der Waals surface area contributed by atoms with Gasteiger partial charge >= 0.3 is 0 Å². The smallest absolute Gasteiger partial charge is 0.0477 e. The van der Waals surface area contributed by atoms with E-state index in [0.717, 1.165) is 37.7 Å². The monoisotopic (exact) mass is 339 g/mol. The number of aromatic nitrogens is 1.